The van der Waals surface area contributed by atoms with Crippen molar-refractivity contribution in [1.29, 1.82) is 0 Å². The Labute approximate surface area is 163 Å². The van der Waals surface area contributed by atoms with Crippen LogP contribution in [0.5, 0.6) is 11.5 Å². The Bertz CT molecular complexity index is 803. The zero-order chi connectivity index (χ0) is 19.9. The van der Waals surface area contributed by atoms with Crippen LogP contribution in [0, 0.1) is 0 Å². The van der Waals surface area contributed by atoms with Crippen molar-refractivity contribution in [2.45, 2.75) is 32.8 Å². The number of nitrogens with one attached hydrogen (secondary N) is 2. The lowest BCUT2D eigenvalue weighted by atomic mass is 10.2. The third-order valence-electron chi connectivity index (χ3n) is 3.24. The summed E-state index contributed by atoms with van der Waals surface area (Å²) in [6, 6.07) is 14.1. The molecule has 2 rings (SSSR count). The number of hydrogen-bond donors (Lipinski definition) is 2. The van der Waals surface area contributed by atoms with E-state index in [0.717, 1.165) is 0 Å². The third-order valence-corrected chi connectivity index (χ3v) is 3.55. The Kier molecular flexibility index (Phi) is 7.07. The molecule has 7 heteroatoms. The molecule has 2 aromatic rings. The molecule has 0 bridgehead atoms. The van der Waals surface area contributed by atoms with E-state index in [2.05, 4.69) is 10.6 Å². The number of anilines is 1. The number of ether oxygens (including phenoxy) is 2. The molecule has 0 saturated heterocycles. The summed E-state index contributed by atoms with van der Waals surface area (Å²) in [5.41, 5.74) is -0.0684. The summed E-state index contributed by atoms with van der Waals surface area (Å²) in [7, 11) is 0. The quantitative estimate of drug-likeness (QED) is 0.728. The van der Waals surface area contributed by atoms with Crippen molar-refractivity contribution in [3.05, 3.63) is 53.6 Å². The van der Waals surface area contributed by atoms with Crippen LogP contribution in [-0.2, 0) is 9.53 Å². The molecule has 0 aliphatic carbocycles. The Balaban J connectivity index is 1.91. The molecule has 0 saturated carbocycles. The molecule has 0 aromatic heterocycles. The van der Waals surface area contributed by atoms with Crippen molar-refractivity contribution in [2.75, 3.05) is 11.9 Å². The summed E-state index contributed by atoms with van der Waals surface area (Å²) < 4.78 is 10.9. The second-order valence-corrected chi connectivity index (χ2v) is 7.16. The summed E-state index contributed by atoms with van der Waals surface area (Å²) in [6.45, 7) is 5.48. The number of carbonyl (C=O) groups excluding carboxylic acids is 2. The van der Waals surface area contributed by atoms with Crippen LogP contribution in [0.2, 0.25) is 5.02 Å². The van der Waals surface area contributed by atoms with Crippen LogP contribution in [0.1, 0.15) is 27.2 Å². The highest BCUT2D eigenvalue weighted by atomic mass is 35.5. The van der Waals surface area contributed by atoms with E-state index in [0.29, 0.717) is 22.2 Å². The highest BCUT2D eigenvalue weighted by Crippen LogP contribution is 2.33. The standard InChI is InChI=1S/C20H23ClN2O4/c1-20(2,3)27-19(25)22-13-12-18(24)23-15-9-5-7-11-17(15)26-16-10-6-4-8-14(16)21/h4-11H,12-13H2,1-3H3,(H,22,25)(H,23,24). The van der Waals surface area contributed by atoms with Crippen molar-refractivity contribution in [1.82, 2.24) is 5.32 Å². The van der Waals surface area contributed by atoms with E-state index < -0.39 is 11.7 Å². The predicted octanol–water partition coefficient (Wildman–Crippen LogP) is 4.99. The molecule has 6 nitrogen and oxygen atoms in total. The number of halogens is 1. The molecule has 27 heavy (non-hydrogen) atoms. The zero-order valence-corrected chi connectivity index (χ0v) is 16.3. The summed E-state index contributed by atoms with van der Waals surface area (Å²) in [6.07, 6.45) is -0.461. The Morgan fingerprint density at radius 3 is 2.30 bits per heavy atom. The van der Waals surface area contributed by atoms with Gasteiger partial charge in [-0.05, 0) is 45.0 Å². The molecular weight excluding hydrogens is 368 g/mol. The van der Waals surface area contributed by atoms with Gasteiger partial charge in [0.2, 0.25) is 5.91 Å². The van der Waals surface area contributed by atoms with Crippen molar-refractivity contribution < 1.29 is 19.1 Å². The molecule has 2 N–H and O–H groups in total. The fraction of sp³-hybridized carbons (Fsp3) is 0.300. The SMILES string of the molecule is CC(C)(C)OC(=O)NCCC(=O)Nc1ccccc1Oc1ccccc1Cl. The normalized spacial score (nSPS) is 10.8. The molecule has 144 valence electrons. The maximum atomic E-state index is 12.2. The highest BCUT2D eigenvalue weighted by Gasteiger charge is 2.16. The van der Waals surface area contributed by atoms with Crippen LogP contribution in [0.15, 0.2) is 48.5 Å². The highest BCUT2D eigenvalue weighted by molar-refractivity contribution is 6.32. The van der Waals surface area contributed by atoms with Gasteiger partial charge in [0.15, 0.2) is 5.75 Å². The molecule has 0 aliphatic heterocycles. The number of alkyl carbamates (subject to hydrolysis) is 1. The van der Waals surface area contributed by atoms with Gasteiger partial charge in [0, 0.05) is 13.0 Å². The van der Waals surface area contributed by atoms with Crippen LogP contribution in [0.3, 0.4) is 0 Å². The van der Waals surface area contributed by atoms with Crippen LogP contribution in [0.4, 0.5) is 10.5 Å². The van der Waals surface area contributed by atoms with Crippen molar-refractivity contribution in [3.63, 3.8) is 0 Å². The Morgan fingerprint density at radius 1 is 1.00 bits per heavy atom. The number of hydrogen-bond acceptors (Lipinski definition) is 4. The molecule has 0 fully saturated rings. The first-order valence-corrected chi connectivity index (χ1v) is 8.90. The molecule has 2 aromatic carbocycles. The minimum absolute atomic E-state index is 0.0969. The molecule has 2 amide bonds. The lowest BCUT2D eigenvalue weighted by Crippen LogP contribution is -2.34. The molecule has 0 radical (unpaired) electrons. The maximum Gasteiger partial charge on any atom is 0.407 e. The van der Waals surface area contributed by atoms with Gasteiger partial charge < -0.3 is 20.1 Å². The van der Waals surface area contributed by atoms with Gasteiger partial charge >= 0.3 is 6.09 Å². The first kappa shape index (κ1) is 20.6. The van der Waals surface area contributed by atoms with Gasteiger partial charge in [-0.3, -0.25) is 4.79 Å². The van der Waals surface area contributed by atoms with Crippen LogP contribution in [0.25, 0.3) is 0 Å². The number of carbonyl (C=O) groups is 2. The Morgan fingerprint density at radius 2 is 1.63 bits per heavy atom. The number of benzene rings is 2. The fourth-order valence-corrected chi connectivity index (χ4v) is 2.28. The van der Waals surface area contributed by atoms with E-state index in [4.69, 9.17) is 21.1 Å². The smallest absolute Gasteiger partial charge is 0.407 e. The minimum atomic E-state index is -0.582. The summed E-state index contributed by atoms with van der Waals surface area (Å²) >= 11 is 6.11. The lowest BCUT2D eigenvalue weighted by Gasteiger charge is -2.19. The number of para-hydroxylation sites is 3. The maximum absolute atomic E-state index is 12.2. The summed E-state index contributed by atoms with van der Waals surface area (Å²) in [5.74, 6) is 0.702. The van der Waals surface area contributed by atoms with Crippen molar-refractivity contribution >= 4 is 29.3 Å². The second-order valence-electron chi connectivity index (χ2n) is 6.76. The van der Waals surface area contributed by atoms with Gasteiger partial charge in [-0.1, -0.05) is 35.9 Å². The Hall–Kier alpha value is -2.73. The van der Waals surface area contributed by atoms with E-state index in [1.54, 1.807) is 63.2 Å². The first-order valence-electron chi connectivity index (χ1n) is 8.53. The zero-order valence-electron chi connectivity index (χ0n) is 15.5. The van der Waals surface area contributed by atoms with Gasteiger partial charge in [0.05, 0.1) is 10.7 Å². The van der Waals surface area contributed by atoms with Gasteiger partial charge in [0.1, 0.15) is 11.4 Å². The number of amides is 2. The van der Waals surface area contributed by atoms with Crippen molar-refractivity contribution in [2.24, 2.45) is 0 Å². The van der Waals surface area contributed by atoms with E-state index in [1.807, 2.05) is 6.07 Å². The minimum Gasteiger partial charge on any atom is -0.454 e. The van der Waals surface area contributed by atoms with Gasteiger partial charge in [-0.25, -0.2) is 4.79 Å². The van der Waals surface area contributed by atoms with Crippen LogP contribution in [-0.4, -0.2) is 24.1 Å². The van der Waals surface area contributed by atoms with E-state index >= 15 is 0 Å². The molecule has 0 aliphatic rings. The largest absolute Gasteiger partial charge is 0.454 e. The summed E-state index contributed by atoms with van der Waals surface area (Å²) in [5, 5.41) is 5.79. The third kappa shape index (κ3) is 7.19. The van der Waals surface area contributed by atoms with Gasteiger partial charge in [0.25, 0.3) is 0 Å². The molecule has 0 atom stereocenters. The second kappa shape index (κ2) is 9.28. The van der Waals surface area contributed by atoms with E-state index in [-0.39, 0.29) is 18.9 Å². The summed E-state index contributed by atoms with van der Waals surface area (Å²) in [4.78, 5) is 23.8. The van der Waals surface area contributed by atoms with E-state index in [1.165, 1.54) is 0 Å². The van der Waals surface area contributed by atoms with Gasteiger partial charge in [-0.2, -0.15) is 0 Å². The monoisotopic (exact) mass is 390 g/mol. The average molecular weight is 391 g/mol. The topological polar surface area (TPSA) is 76.7 Å². The van der Waals surface area contributed by atoms with Gasteiger partial charge in [-0.15, -0.1) is 0 Å². The molecule has 0 unspecified atom stereocenters. The first-order chi connectivity index (χ1) is 12.7. The van der Waals surface area contributed by atoms with Crippen molar-refractivity contribution in [3.8, 4) is 11.5 Å². The average Bonchev–Trinajstić information content (AvgIpc) is 2.57. The predicted molar refractivity (Wildman–Crippen MR) is 105 cm³/mol. The lowest BCUT2D eigenvalue weighted by molar-refractivity contribution is -0.116. The number of rotatable bonds is 6. The molecule has 0 spiro atoms. The van der Waals surface area contributed by atoms with Crippen LogP contribution < -0.4 is 15.4 Å². The van der Waals surface area contributed by atoms with Crippen LogP contribution >= 0.6 is 11.6 Å². The molecular formula is C20H23ClN2O4. The fourth-order valence-electron chi connectivity index (χ4n) is 2.11. The molecule has 0 heterocycles. The van der Waals surface area contributed by atoms with E-state index in [9.17, 15) is 9.59 Å².